The second-order valence-electron chi connectivity index (χ2n) is 4.75. The van der Waals surface area contributed by atoms with Crippen molar-refractivity contribution in [2.24, 2.45) is 0 Å². The van der Waals surface area contributed by atoms with E-state index in [2.05, 4.69) is 4.98 Å². The third-order valence-electron chi connectivity index (χ3n) is 3.40. The molecular weight excluding hydrogens is 327 g/mol. The van der Waals surface area contributed by atoms with Crippen LogP contribution in [-0.2, 0) is 0 Å². The van der Waals surface area contributed by atoms with Gasteiger partial charge in [0.25, 0.3) is 5.56 Å². The average Bonchev–Trinajstić information content (AvgIpc) is 2.49. The zero-order valence-electron chi connectivity index (χ0n) is 10.8. The maximum Gasteiger partial charge on any atom is 0.348 e. The fraction of sp³-hybridized carbons (Fsp3) is 0. The molecule has 2 aromatic carbocycles. The molecule has 0 aliphatic heterocycles. The lowest BCUT2D eigenvalue weighted by atomic mass is 10.2. The third-order valence-corrected chi connectivity index (χ3v) is 3.87. The van der Waals surface area contributed by atoms with Gasteiger partial charge in [0.1, 0.15) is 0 Å². The predicted octanol–water partition coefficient (Wildman–Crippen LogP) is 3.26. The molecule has 0 bridgehead atoms. The minimum atomic E-state index is -0.599. The topological polar surface area (TPSA) is 64.6 Å². The fourth-order valence-corrected chi connectivity index (χ4v) is 2.77. The Hall–Kier alpha value is -2.37. The molecule has 108 valence electrons. The summed E-state index contributed by atoms with van der Waals surface area (Å²) < 4.78 is 6.40. The van der Waals surface area contributed by atoms with E-state index in [4.69, 9.17) is 27.6 Å². The molecule has 0 aliphatic rings. The van der Waals surface area contributed by atoms with Crippen LogP contribution in [0.5, 0.6) is 0 Å². The standard InChI is InChI=1S/C15H6Cl2N2O3/c16-7-1-3-11-9(5-7)13(20)19-12-4-2-8(17)6-10(12)14(21)22-15(19)18-11/h1-6H. The van der Waals surface area contributed by atoms with Gasteiger partial charge < -0.3 is 4.42 Å². The van der Waals surface area contributed by atoms with Gasteiger partial charge in [-0.3, -0.25) is 4.79 Å². The molecule has 0 spiro atoms. The summed E-state index contributed by atoms with van der Waals surface area (Å²) in [6, 6.07) is 9.39. The van der Waals surface area contributed by atoms with E-state index < -0.39 is 5.63 Å². The van der Waals surface area contributed by atoms with E-state index in [9.17, 15) is 9.59 Å². The van der Waals surface area contributed by atoms with Crippen molar-refractivity contribution in [3.05, 3.63) is 67.2 Å². The predicted molar refractivity (Wildman–Crippen MR) is 85.0 cm³/mol. The zero-order valence-corrected chi connectivity index (χ0v) is 12.4. The van der Waals surface area contributed by atoms with Crippen LogP contribution in [0.15, 0.2) is 50.4 Å². The summed E-state index contributed by atoms with van der Waals surface area (Å²) in [7, 11) is 0. The van der Waals surface area contributed by atoms with Crippen LogP contribution in [0.25, 0.3) is 27.6 Å². The quantitative estimate of drug-likeness (QED) is 0.366. The maximum atomic E-state index is 12.7. The van der Waals surface area contributed by atoms with Gasteiger partial charge in [0, 0.05) is 10.0 Å². The molecule has 4 rings (SSSR count). The number of nitrogens with zero attached hydrogens (tertiary/aromatic N) is 2. The molecular formula is C15H6Cl2N2O3. The number of fused-ring (bicyclic) bond motifs is 4. The third kappa shape index (κ3) is 1.83. The number of hydrogen-bond donors (Lipinski definition) is 0. The lowest BCUT2D eigenvalue weighted by Crippen LogP contribution is -2.19. The molecule has 0 amide bonds. The molecule has 0 radical (unpaired) electrons. The molecule has 0 atom stereocenters. The summed E-state index contributed by atoms with van der Waals surface area (Å²) in [5.74, 6) is -0.0698. The Labute approximate surface area is 132 Å². The highest BCUT2D eigenvalue weighted by Crippen LogP contribution is 2.19. The summed E-state index contributed by atoms with van der Waals surface area (Å²) in [5, 5.41) is 1.36. The smallest absolute Gasteiger partial charge is 0.348 e. The van der Waals surface area contributed by atoms with Crippen LogP contribution in [0.1, 0.15) is 0 Å². The molecule has 22 heavy (non-hydrogen) atoms. The van der Waals surface area contributed by atoms with E-state index in [1.807, 2.05) is 0 Å². The van der Waals surface area contributed by atoms with Crippen molar-refractivity contribution in [3.63, 3.8) is 0 Å². The number of aromatic nitrogens is 2. The van der Waals surface area contributed by atoms with Crippen LogP contribution in [0, 0.1) is 0 Å². The van der Waals surface area contributed by atoms with E-state index in [1.165, 1.54) is 16.5 Å². The first-order valence-corrected chi connectivity index (χ1v) is 7.04. The Morgan fingerprint density at radius 1 is 0.955 bits per heavy atom. The van der Waals surface area contributed by atoms with Crippen LogP contribution in [-0.4, -0.2) is 9.38 Å². The SMILES string of the molecule is O=c1oc2nc3ccc(Cl)cc3c(=O)n2c2ccc(Cl)cc12. The largest absolute Gasteiger partial charge is 0.388 e. The maximum absolute atomic E-state index is 12.7. The first-order chi connectivity index (χ1) is 10.5. The van der Waals surface area contributed by atoms with Gasteiger partial charge in [0.05, 0.1) is 21.8 Å². The number of rotatable bonds is 0. The summed E-state index contributed by atoms with van der Waals surface area (Å²) in [4.78, 5) is 29.0. The highest BCUT2D eigenvalue weighted by atomic mass is 35.5. The first-order valence-electron chi connectivity index (χ1n) is 6.29. The van der Waals surface area contributed by atoms with Crippen molar-refractivity contribution in [2.45, 2.75) is 0 Å². The molecule has 5 nitrogen and oxygen atoms in total. The molecule has 0 saturated carbocycles. The number of benzene rings is 2. The summed E-state index contributed by atoms with van der Waals surface area (Å²) >= 11 is 11.8. The second kappa shape index (κ2) is 4.56. The lowest BCUT2D eigenvalue weighted by molar-refractivity contribution is 0.532. The lowest BCUT2D eigenvalue weighted by Gasteiger charge is -2.06. The van der Waals surface area contributed by atoms with Gasteiger partial charge in [-0.15, -0.1) is 0 Å². The number of halogens is 2. The van der Waals surface area contributed by atoms with Gasteiger partial charge >= 0.3 is 11.5 Å². The summed E-state index contributed by atoms with van der Waals surface area (Å²) in [6.45, 7) is 0. The zero-order chi connectivity index (χ0) is 15.4. The van der Waals surface area contributed by atoms with Crippen LogP contribution in [0.4, 0.5) is 0 Å². The molecule has 0 saturated heterocycles. The Morgan fingerprint density at radius 2 is 1.64 bits per heavy atom. The van der Waals surface area contributed by atoms with Crippen molar-refractivity contribution < 1.29 is 4.42 Å². The highest BCUT2D eigenvalue weighted by molar-refractivity contribution is 6.31. The number of hydrogen-bond acceptors (Lipinski definition) is 4. The van der Waals surface area contributed by atoms with E-state index in [-0.39, 0.29) is 16.8 Å². The molecule has 0 fully saturated rings. The highest BCUT2D eigenvalue weighted by Gasteiger charge is 2.13. The van der Waals surface area contributed by atoms with Crippen LogP contribution < -0.4 is 11.2 Å². The van der Waals surface area contributed by atoms with E-state index in [0.717, 1.165) is 0 Å². The van der Waals surface area contributed by atoms with Gasteiger partial charge in [-0.1, -0.05) is 23.2 Å². The normalized spacial score (nSPS) is 11.5. The fourth-order valence-electron chi connectivity index (χ4n) is 2.42. The molecule has 0 unspecified atom stereocenters. The Balaban J connectivity index is 2.35. The Morgan fingerprint density at radius 3 is 2.41 bits per heavy atom. The van der Waals surface area contributed by atoms with Gasteiger partial charge in [0.2, 0.25) is 0 Å². The molecule has 2 heterocycles. The van der Waals surface area contributed by atoms with Crippen molar-refractivity contribution in [3.8, 4) is 0 Å². The van der Waals surface area contributed by atoms with Gasteiger partial charge in [-0.25, -0.2) is 9.20 Å². The minimum absolute atomic E-state index is 0.0698. The first kappa shape index (κ1) is 13.3. The Kier molecular flexibility index (Phi) is 2.76. The van der Waals surface area contributed by atoms with Crippen LogP contribution in [0.3, 0.4) is 0 Å². The van der Waals surface area contributed by atoms with E-state index in [0.29, 0.717) is 26.5 Å². The van der Waals surface area contributed by atoms with Crippen LogP contribution >= 0.6 is 23.2 Å². The Bertz CT molecular complexity index is 1190. The average molecular weight is 333 g/mol. The second-order valence-corrected chi connectivity index (χ2v) is 5.62. The van der Waals surface area contributed by atoms with Gasteiger partial charge in [0.15, 0.2) is 0 Å². The molecule has 0 aliphatic carbocycles. The van der Waals surface area contributed by atoms with Crippen LogP contribution in [0.2, 0.25) is 10.0 Å². The van der Waals surface area contributed by atoms with Crippen molar-refractivity contribution in [1.82, 2.24) is 9.38 Å². The van der Waals surface area contributed by atoms with Gasteiger partial charge in [-0.2, -0.15) is 4.98 Å². The molecule has 0 N–H and O–H groups in total. The monoisotopic (exact) mass is 332 g/mol. The molecule has 2 aromatic heterocycles. The molecule has 7 heteroatoms. The van der Waals surface area contributed by atoms with Crippen molar-refractivity contribution in [1.29, 1.82) is 0 Å². The summed E-state index contributed by atoms with van der Waals surface area (Å²) in [6.07, 6.45) is 0. The minimum Gasteiger partial charge on any atom is -0.388 e. The van der Waals surface area contributed by atoms with E-state index in [1.54, 1.807) is 24.3 Å². The van der Waals surface area contributed by atoms with Crippen molar-refractivity contribution in [2.75, 3.05) is 0 Å². The van der Waals surface area contributed by atoms with Gasteiger partial charge in [-0.05, 0) is 36.4 Å². The van der Waals surface area contributed by atoms with Crippen molar-refractivity contribution >= 4 is 50.9 Å². The molecule has 4 aromatic rings. The summed E-state index contributed by atoms with van der Waals surface area (Å²) in [5.41, 5.74) is -0.169. The van der Waals surface area contributed by atoms with E-state index >= 15 is 0 Å².